The first-order chi connectivity index (χ1) is 6.79. The first-order valence-corrected chi connectivity index (χ1v) is 5.90. The third kappa shape index (κ3) is 3.23. The molecule has 0 saturated heterocycles. The van der Waals surface area contributed by atoms with Gasteiger partial charge in [0.25, 0.3) is 0 Å². The van der Waals surface area contributed by atoms with Crippen molar-refractivity contribution in [3.05, 3.63) is 0 Å². The molecule has 3 N–H and O–H groups in total. The van der Waals surface area contributed by atoms with Gasteiger partial charge in [-0.25, -0.2) is 0 Å². The summed E-state index contributed by atoms with van der Waals surface area (Å²) in [6.07, 6.45) is 6.07. The fourth-order valence-corrected chi connectivity index (χ4v) is 2.45. The number of hydrogen-bond donors (Lipinski definition) is 2. The molecule has 1 saturated carbocycles. The van der Waals surface area contributed by atoms with E-state index < -0.39 is 0 Å². The van der Waals surface area contributed by atoms with Gasteiger partial charge in [0.1, 0.15) is 0 Å². The average Bonchev–Trinajstić information content (AvgIpc) is 2.18. The summed E-state index contributed by atoms with van der Waals surface area (Å²) >= 11 is 0. The van der Waals surface area contributed by atoms with Gasteiger partial charge in [-0.3, -0.25) is 4.90 Å². The van der Waals surface area contributed by atoms with Crippen LogP contribution in [0.3, 0.4) is 0 Å². The molecule has 3 heteroatoms. The highest BCUT2D eigenvalue weighted by Gasteiger charge is 2.26. The van der Waals surface area contributed by atoms with Gasteiger partial charge in [0.2, 0.25) is 0 Å². The second kappa shape index (κ2) is 6.38. The van der Waals surface area contributed by atoms with Crippen molar-refractivity contribution in [3.63, 3.8) is 0 Å². The highest BCUT2D eigenvalue weighted by Crippen LogP contribution is 2.21. The molecule has 0 bridgehead atoms. The summed E-state index contributed by atoms with van der Waals surface area (Å²) < 4.78 is 0. The fourth-order valence-electron chi connectivity index (χ4n) is 2.45. The number of nitrogens with two attached hydrogens (primary N) is 1. The first-order valence-electron chi connectivity index (χ1n) is 5.90. The monoisotopic (exact) mass is 200 g/mol. The Hall–Kier alpha value is -0.120. The van der Waals surface area contributed by atoms with Crippen LogP contribution < -0.4 is 5.73 Å². The Kier molecular flexibility index (Phi) is 5.45. The number of aliphatic hydroxyl groups is 1. The number of rotatable bonds is 5. The van der Waals surface area contributed by atoms with Gasteiger partial charge in [0.05, 0.1) is 6.61 Å². The minimum atomic E-state index is 0.253. The number of aliphatic hydroxyl groups excluding tert-OH is 1. The zero-order chi connectivity index (χ0) is 10.4. The van der Waals surface area contributed by atoms with Crippen LogP contribution in [0.2, 0.25) is 0 Å². The van der Waals surface area contributed by atoms with Crippen LogP contribution in [0.5, 0.6) is 0 Å². The van der Waals surface area contributed by atoms with Gasteiger partial charge < -0.3 is 10.8 Å². The van der Waals surface area contributed by atoms with E-state index in [0.717, 1.165) is 25.9 Å². The van der Waals surface area contributed by atoms with E-state index in [1.165, 1.54) is 19.3 Å². The lowest BCUT2D eigenvalue weighted by Crippen LogP contribution is -2.50. The Morgan fingerprint density at radius 2 is 2.00 bits per heavy atom. The van der Waals surface area contributed by atoms with E-state index in [1.54, 1.807) is 0 Å². The van der Waals surface area contributed by atoms with Gasteiger partial charge in [-0.05, 0) is 25.8 Å². The van der Waals surface area contributed by atoms with Gasteiger partial charge in [-0.2, -0.15) is 0 Å². The highest BCUT2D eigenvalue weighted by atomic mass is 16.3. The SMILES string of the molecule is CCCN(CCO)C1CCCCC1N. The molecule has 3 nitrogen and oxygen atoms in total. The van der Waals surface area contributed by atoms with Crippen LogP contribution in [0.4, 0.5) is 0 Å². The molecular weight excluding hydrogens is 176 g/mol. The molecule has 0 spiro atoms. The molecule has 14 heavy (non-hydrogen) atoms. The first kappa shape index (κ1) is 12.0. The van der Waals surface area contributed by atoms with E-state index in [-0.39, 0.29) is 6.61 Å². The van der Waals surface area contributed by atoms with Gasteiger partial charge >= 0.3 is 0 Å². The molecule has 0 radical (unpaired) electrons. The molecule has 1 fully saturated rings. The third-order valence-corrected chi connectivity index (χ3v) is 3.15. The quantitative estimate of drug-likeness (QED) is 0.695. The summed E-state index contributed by atoms with van der Waals surface area (Å²) in [5, 5.41) is 9.00. The van der Waals surface area contributed by atoms with Crippen LogP contribution >= 0.6 is 0 Å². The predicted octanol–water partition coefficient (Wildman–Crippen LogP) is 0.961. The molecule has 0 aromatic carbocycles. The maximum Gasteiger partial charge on any atom is 0.0558 e. The zero-order valence-electron chi connectivity index (χ0n) is 9.28. The normalized spacial score (nSPS) is 28.3. The van der Waals surface area contributed by atoms with Crippen molar-refractivity contribution in [3.8, 4) is 0 Å². The van der Waals surface area contributed by atoms with Gasteiger partial charge in [0, 0.05) is 18.6 Å². The van der Waals surface area contributed by atoms with Crippen molar-refractivity contribution in [2.75, 3.05) is 19.7 Å². The average molecular weight is 200 g/mol. The lowest BCUT2D eigenvalue weighted by atomic mass is 9.89. The van der Waals surface area contributed by atoms with E-state index in [4.69, 9.17) is 10.8 Å². The van der Waals surface area contributed by atoms with Crippen molar-refractivity contribution < 1.29 is 5.11 Å². The van der Waals surface area contributed by atoms with Crippen molar-refractivity contribution in [1.82, 2.24) is 4.90 Å². The molecular formula is C11H24N2O. The zero-order valence-corrected chi connectivity index (χ0v) is 9.28. The molecule has 2 atom stereocenters. The van der Waals surface area contributed by atoms with Gasteiger partial charge in [-0.15, -0.1) is 0 Å². The predicted molar refractivity (Wildman–Crippen MR) is 59.2 cm³/mol. The van der Waals surface area contributed by atoms with E-state index in [2.05, 4.69) is 11.8 Å². The maximum atomic E-state index is 9.00. The lowest BCUT2D eigenvalue weighted by Gasteiger charge is -2.38. The Morgan fingerprint density at radius 1 is 1.29 bits per heavy atom. The third-order valence-electron chi connectivity index (χ3n) is 3.15. The summed E-state index contributed by atoms with van der Waals surface area (Å²) in [5.41, 5.74) is 6.12. The van der Waals surface area contributed by atoms with Crippen LogP contribution in [-0.4, -0.2) is 41.8 Å². The van der Waals surface area contributed by atoms with E-state index in [0.29, 0.717) is 12.1 Å². The van der Waals surface area contributed by atoms with Crippen LogP contribution in [0, 0.1) is 0 Å². The molecule has 0 heterocycles. The van der Waals surface area contributed by atoms with E-state index in [9.17, 15) is 0 Å². The summed E-state index contributed by atoms with van der Waals surface area (Å²) in [6.45, 7) is 4.28. The number of nitrogens with zero attached hydrogens (tertiary/aromatic N) is 1. The second-order valence-corrected chi connectivity index (χ2v) is 4.28. The van der Waals surface area contributed by atoms with Crippen molar-refractivity contribution in [2.24, 2.45) is 5.73 Å². The van der Waals surface area contributed by atoms with Gasteiger partial charge in [0.15, 0.2) is 0 Å². The fraction of sp³-hybridized carbons (Fsp3) is 1.00. The Balaban J connectivity index is 2.46. The van der Waals surface area contributed by atoms with Crippen LogP contribution in [-0.2, 0) is 0 Å². The molecule has 84 valence electrons. The van der Waals surface area contributed by atoms with E-state index >= 15 is 0 Å². The van der Waals surface area contributed by atoms with Crippen LogP contribution in [0.25, 0.3) is 0 Å². The summed E-state index contributed by atoms with van der Waals surface area (Å²) in [7, 11) is 0. The Bertz CT molecular complexity index is 146. The molecule has 0 aromatic heterocycles. The summed E-state index contributed by atoms with van der Waals surface area (Å²) in [6, 6.07) is 0.831. The topological polar surface area (TPSA) is 49.5 Å². The minimum absolute atomic E-state index is 0.253. The molecule has 0 amide bonds. The molecule has 1 aliphatic rings. The van der Waals surface area contributed by atoms with Crippen LogP contribution in [0.1, 0.15) is 39.0 Å². The van der Waals surface area contributed by atoms with Gasteiger partial charge in [-0.1, -0.05) is 19.8 Å². The summed E-state index contributed by atoms with van der Waals surface area (Å²) in [5.74, 6) is 0. The number of hydrogen-bond acceptors (Lipinski definition) is 3. The Labute approximate surface area is 87.3 Å². The van der Waals surface area contributed by atoms with Crippen molar-refractivity contribution in [1.29, 1.82) is 0 Å². The second-order valence-electron chi connectivity index (χ2n) is 4.28. The highest BCUT2D eigenvalue weighted by molar-refractivity contribution is 4.85. The van der Waals surface area contributed by atoms with Crippen LogP contribution in [0.15, 0.2) is 0 Å². The molecule has 1 rings (SSSR count). The van der Waals surface area contributed by atoms with E-state index in [1.807, 2.05) is 0 Å². The molecule has 2 unspecified atom stereocenters. The summed E-state index contributed by atoms with van der Waals surface area (Å²) in [4.78, 5) is 2.36. The maximum absolute atomic E-state index is 9.00. The molecule has 0 aromatic rings. The molecule has 1 aliphatic carbocycles. The Morgan fingerprint density at radius 3 is 2.57 bits per heavy atom. The molecule has 0 aliphatic heterocycles. The minimum Gasteiger partial charge on any atom is -0.395 e. The lowest BCUT2D eigenvalue weighted by molar-refractivity contribution is 0.110. The van der Waals surface area contributed by atoms with Crippen molar-refractivity contribution >= 4 is 0 Å². The smallest absolute Gasteiger partial charge is 0.0558 e. The largest absolute Gasteiger partial charge is 0.395 e. The standard InChI is InChI=1S/C11H24N2O/c1-2-7-13(8-9-14)11-6-4-3-5-10(11)12/h10-11,14H,2-9,12H2,1H3. The van der Waals surface area contributed by atoms with Crippen molar-refractivity contribution in [2.45, 2.75) is 51.1 Å².